The third-order valence-corrected chi connectivity index (χ3v) is 5.06. The minimum atomic E-state index is -0.909. The molecule has 6 heteroatoms. The molecule has 128 valence electrons. The fourth-order valence-electron chi connectivity index (χ4n) is 3.61. The van der Waals surface area contributed by atoms with Crippen LogP contribution in [0.5, 0.6) is 5.75 Å². The molecule has 0 spiro atoms. The number of anilines is 1. The van der Waals surface area contributed by atoms with Crippen LogP contribution < -0.4 is 20.7 Å². The maximum atomic E-state index is 13.1. The highest BCUT2D eigenvalue weighted by molar-refractivity contribution is 7.80. The van der Waals surface area contributed by atoms with Crippen LogP contribution in [-0.2, 0) is 4.79 Å². The van der Waals surface area contributed by atoms with Crippen LogP contribution in [0.15, 0.2) is 48.5 Å². The van der Waals surface area contributed by atoms with Gasteiger partial charge in [0.05, 0.1) is 6.04 Å². The summed E-state index contributed by atoms with van der Waals surface area (Å²) in [5.74, 6) is 0.171. The Hall–Kier alpha value is -2.60. The van der Waals surface area contributed by atoms with E-state index in [1.54, 1.807) is 0 Å². The Morgan fingerprint density at radius 2 is 1.92 bits per heavy atom. The lowest BCUT2D eigenvalue weighted by Crippen LogP contribution is -2.70. The summed E-state index contributed by atoms with van der Waals surface area (Å²) in [5.41, 5.74) is 1.85. The summed E-state index contributed by atoms with van der Waals surface area (Å²) in [7, 11) is 0. The SMILES string of the molecule is Cc1ccccc1NC(=O)[C@@H]1[C@@H]2NC(=S)N[C@]1(C)Oc1ccccc12. The van der Waals surface area contributed by atoms with Gasteiger partial charge >= 0.3 is 0 Å². The van der Waals surface area contributed by atoms with Crippen LogP contribution in [0.3, 0.4) is 0 Å². The lowest BCUT2D eigenvalue weighted by atomic mass is 9.80. The Balaban J connectivity index is 1.72. The van der Waals surface area contributed by atoms with Crippen molar-refractivity contribution in [2.75, 3.05) is 5.32 Å². The minimum Gasteiger partial charge on any atom is -0.467 e. The van der Waals surface area contributed by atoms with Gasteiger partial charge in [0, 0.05) is 11.3 Å². The molecule has 1 saturated heterocycles. The first-order valence-corrected chi connectivity index (χ1v) is 8.62. The van der Waals surface area contributed by atoms with E-state index in [2.05, 4.69) is 16.0 Å². The molecule has 3 N–H and O–H groups in total. The molecule has 25 heavy (non-hydrogen) atoms. The number of ether oxygens (including phenoxy) is 1. The predicted molar refractivity (Wildman–Crippen MR) is 100 cm³/mol. The number of rotatable bonds is 2. The maximum Gasteiger partial charge on any atom is 0.236 e. The van der Waals surface area contributed by atoms with Crippen LogP contribution in [0.4, 0.5) is 5.69 Å². The summed E-state index contributed by atoms with van der Waals surface area (Å²) in [6.45, 7) is 3.83. The minimum absolute atomic E-state index is 0.112. The summed E-state index contributed by atoms with van der Waals surface area (Å²) in [4.78, 5) is 13.1. The highest BCUT2D eigenvalue weighted by atomic mass is 32.1. The number of para-hydroxylation sites is 2. The van der Waals surface area contributed by atoms with Crippen molar-refractivity contribution >= 4 is 28.9 Å². The summed E-state index contributed by atoms with van der Waals surface area (Å²) in [5, 5.41) is 9.90. The van der Waals surface area contributed by atoms with E-state index in [-0.39, 0.29) is 11.9 Å². The third kappa shape index (κ3) is 2.62. The highest BCUT2D eigenvalue weighted by Gasteiger charge is 2.54. The second-order valence-corrected chi connectivity index (χ2v) is 7.01. The first-order chi connectivity index (χ1) is 12.0. The van der Waals surface area contributed by atoms with Crippen LogP contribution in [0, 0.1) is 12.8 Å². The van der Waals surface area contributed by atoms with Crippen molar-refractivity contribution in [3.05, 3.63) is 59.7 Å². The monoisotopic (exact) mass is 353 g/mol. The van der Waals surface area contributed by atoms with E-state index in [4.69, 9.17) is 17.0 Å². The maximum absolute atomic E-state index is 13.1. The average Bonchev–Trinajstić information content (AvgIpc) is 2.55. The van der Waals surface area contributed by atoms with Crippen molar-refractivity contribution in [2.45, 2.75) is 25.6 Å². The van der Waals surface area contributed by atoms with Crippen LogP contribution in [-0.4, -0.2) is 16.7 Å². The van der Waals surface area contributed by atoms with E-state index in [9.17, 15) is 4.79 Å². The topological polar surface area (TPSA) is 62.4 Å². The Morgan fingerprint density at radius 1 is 1.20 bits per heavy atom. The number of aryl methyl sites for hydroxylation is 1. The number of benzene rings is 2. The van der Waals surface area contributed by atoms with Gasteiger partial charge in [-0.05, 0) is 43.8 Å². The lowest BCUT2D eigenvalue weighted by Gasteiger charge is -2.50. The van der Waals surface area contributed by atoms with Gasteiger partial charge in [-0.1, -0.05) is 36.4 Å². The smallest absolute Gasteiger partial charge is 0.236 e. The van der Waals surface area contributed by atoms with Crippen LogP contribution in [0.1, 0.15) is 24.1 Å². The number of hydrogen-bond acceptors (Lipinski definition) is 3. The molecule has 1 amide bonds. The van der Waals surface area contributed by atoms with E-state index < -0.39 is 11.6 Å². The molecule has 2 aromatic rings. The fourth-order valence-corrected chi connectivity index (χ4v) is 3.94. The van der Waals surface area contributed by atoms with Gasteiger partial charge in [0.1, 0.15) is 11.7 Å². The molecular formula is C19H19N3O2S. The molecule has 0 radical (unpaired) electrons. The van der Waals surface area contributed by atoms with Crippen LogP contribution in [0.2, 0.25) is 0 Å². The average molecular weight is 353 g/mol. The summed E-state index contributed by atoms with van der Waals surface area (Å²) >= 11 is 5.32. The van der Waals surface area contributed by atoms with Crippen molar-refractivity contribution in [1.29, 1.82) is 0 Å². The van der Waals surface area contributed by atoms with Crippen LogP contribution >= 0.6 is 12.2 Å². The first kappa shape index (κ1) is 15.9. The van der Waals surface area contributed by atoms with Gasteiger partial charge in [-0.2, -0.15) is 0 Å². The standard InChI is InChI=1S/C19H19N3O2S/c1-11-7-3-5-9-13(11)20-17(23)15-16-12-8-4-6-10-14(12)24-19(15,2)22-18(25)21-16/h3-10,15-16H,1-2H3,(H,20,23)(H2,21,22,25)/t15-,16+,19+/m0/s1. The molecule has 1 fully saturated rings. The van der Waals surface area contributed by atoms with E-state index in [1.165, 1.54) is 0 Å². The van der Waals surface area contributed by atoms with Crippen molar-refractivity contribution in [3.63, 3.8) is 0 Å². The van der Waals surface area contributed by atoms with Gasteiger partial charge < -0.3 is 20.7 Å². The molecule has 3 atom stereocenters. The number of hydrogen-bond donors (Lipinski definition) is 3. The Labute approximate surface area is 151 Å². The summed E-state index contributed by atoms with van der Waals surface area (Å²) in [6.07, 6.45) is 0. The molecule has 2 aliphatic heterocycles. The summed E-state index contributed by atoms with van der Waals surface area (Å²) in [6, 6.07) is 15.2. The zero-order valence-corrected chi connectivity index (χ0v) is 14.8. The van der Waals surface area contributed by atoms with Gasteiger partial charge in [-0.3, -0.25) is 4.79 Å². The molecule has 2 aliphatic rings. The zero-order valence-electron chi connectivity index (χ0n) is 14.0. The molecule has 0 saturated carbocycles. The van der Waals surface area contributed by atoms with Crippen LogP contribution in [0.25, 0.3) is 0 Å². The van der Waals surface area contributed by atoms with Gasteiger partial charge in [-0.15, -0.1) is 0 Å². The zero-order chi connectivity index (χ0) is 17.6. The van der Waals surface area contributed by atoms with E-state index in [1.807, 2.05) is 62.4 Å². The molecule has 4 rings (SSSR count). The quantitative estimate of drug-likeness (QED) is 0.725. The van der Waals surface area contributed by atoms with Crippen molar-refractivity contribution in [1.82, 2.24) is 10.6 Å². The van der Waals surface area contributed by atoms with Gasteiger partial charge in [0.2, 0.25) is 5.91 Å². The molecule has 2 bridgehead atoms. The molecule has 0 aromatic heterocycles. The first-order valence-electron chi connectivity index (χ1n) is 8.21. The molecular weight excluding hydrogens is 334 g/mol. The van der Waals surface area contributed by atoms with Crippen molar-refractivity contribution < 1.29 is 9.53 Å². The van der Waals surface area contributed by atoms with E-state index in [0.29, 0.717) is 5.11 Å². The molecule has 0 aliphatic carbocycles. The van der Waals surface area contributed by atoms with Gasteiger partial charge in [-0.25, -0.2) is 0 Å². The van der Waals surface area contributed by atoms with Crippen molar-refractivity contribution in [2.24, 2.45) is 5.92 Å². The molecule has 0 unspecified atom stereocenters. The normalized spacial score (nSPS) is 26.6. The lowest BCUT2D eigenvalue weighted by molar-refractivity contribution is -0.132. The Kier molecular flexibility index (Phi) is 3.65. The Morgan fingerprint density at radius 3 is 2.72 bits per heavy atom. The fraction of sp³-hybridized carbons (Fsp3) is 0.263. The number of carbonyl (C=O) groups is 1. The number of carbonyl (C=O) groups excluding carboxylic acids is 1. The third-order valence-electron chi connectivity index (χ3n) is 4.84. The predicted octanol–water partition coefficient (Wildman–Crippen LogP) is 2.88. The highest BCUT2D eigenvalue weighted by Crippen LogP contribution is 2.45. The largest absolute Gasteiger partial charge is 0.467 e. The number of amides is 1. The second-order valence-electron chi connectivity index (χ2n) is 6.60. The molecule has 5 nitrogen and oxygen atoms in total. The Bertz CT molecular complexity index is 869. The van der Waals surface area contributed by atoms with Crippen molar-refractivity contribution in [3.8, 4) is 5.75 Å². The van der Waals surface area contributed by atoms with E-state index in [0.717, 1.165) is 22.6 Å². The number of nitrogens with one attached hydrogen (secondary N) is 3. The summed E-state index contributed by atoms with van der Waals surface area (Å²) < 4.78 is 6.16. The number of fused-ring (bicyclic) bond motifs is 4. The second kappa shape index (κ2) is 5.74. The molecule has 2 aromatic carbocycles. The van der Waals surface area contributed by atoms with Gasteiger partial charge in [0.15, 0.2) is 10.8 Å². The van der Waals surface area contributed by atoms with Gasteiger partial charge in [0.25, 0.3) is 0 Å². The van der Waals surface area contributed by atoms with E-state index >= 15 is 0 Å². The number of thiocarbonyl (C=S) groups is 1. The molecule has 2 heterocycles.